The highest BCUT2D eigenvalue weighted by atomic mass is 16.3. The summed E-state index contributed by atoms with van der Waals surface area (Å²) in [6, 6.07) is 15.2. The monoisotopic (exact) mass is 242 g/mol. The van der Waals surface area contributed by atoms with E-state index in [0.29, 0.717) is 6.42 Å². The van der Waals surface area contributed by atoms with Crippen LogP contribution in [0.2, 0.25) is 0 Å². The summed E-state index contributed by atoms with van der Waals surface area (Å²) in [4.78, 5) is 0. The van der Waals surface area contributed by atoms with E-state index in [0.717, 1.165) is 23.1 Å². The molecule has 18 heavy (non-hydrogen) atoms. The van der Waals surface area contributed by atoms with Crippen LogP contribution in [0, 0.1) is 0 Å². The molecule has 2 heteroatoms. The predicted molar refractivity (Wildman–Crippen MR) is 73.5 cm³/mol. The Morgan fingerprint density at radius 3 is 2.56 bits per heavy atom. The molecule has 0 spiro atoms. The van der Waals surface area contributed by atoms with E-state index in [1.807, 2.05) is 43.3 Å². The van der Waals surface area contributed by atoms with Crippen molar-refractivity contribution < 1.29 is 10.2 Å². The Morgan fingerprint density at radius 1 is 1.06 bits per heavy atom. The molecule has 2 rings (SSSR count). The highest BCUT2D eigenvalue weighted by Gasteiger charge is 2.09. The summed E-state index contributed by atoms with van der Waals surface area (Å²) < 4.78 is 0. The molecular formula is C16H18O2. The number of aliphatic hydroxyl groups is 1. The zero-order chi connectivity index (χ0) is 13.0. The van der Waals surface area contributed by atoms with Gasteiger partial charge in [-0.3, -0.25) is 0 Å². The van der Waals surface area contributed by atoms with Gasteiger partial charge in [0, 0.05) is 0 Å². The van der Waals surface area contributed by atoms with Gasteiger partial charge in [-0.05, 0) is 41.7 Å². The van der Waals surface area contributed by atoms with Gasteiger partial charge in [0.15, 0.2) is 0 Å². The molecule has 0 heterocycles. The first-order valence-corrected chi connectivity index (χ1v) is 6.26. The van der Waals surface area contributed by atoms with Crippen molar-refractivity contribution in [2.24, 2.45) is 0 Å². The zero-order valence-electron chi connectivity index (χ0n) is 10.5. The molecule has 2 N–H and O–H groups in total. The lowest BCUT2D eigenvalue weighted by molar-refractivity contribution is 0.171. The van der Waals surface area contributed by atoms with Crippen molar-refractivity contribution >= 4 is 0 Å². The number of rotatable bonds is 4. The summed E-state index contributed by atoms with van der Waals surface area (Å²) in [5.74, 6) is 0.262. The molecule has 0 saturated heterocycles. The first kappa shape index (κ1) is 12.7. The molecule has 1 atom stereocenters. The van der Waals surface area contributed by atoms with Crippen molar-refractivity contribution in [3.8, 4) is 16.9 Å². The maximum absolute atomic E-state index is 9.79. The van der Waals surface area contributed by atoms with E-state index in [-0.39, 0.29) is 11.9 Å². The second kappa shape index (κ2) is 5.69. The van der Waals surface area contributed by atoms with E-state index in [4.69, 9.17) is 0 Å². The summed E-state index contributed by atoms with van der Waals surface area (Å²) in [6.45, 7) is 1.97. The average Bonchev–Trinajstić information content (AvgIpc) is 2.39. The van der Waals surface area contributed by atoms with Crippen molar-refractivity contribution in [2.75, 3.05) is 0 Å². The molecule has 0 aliphatic carbocycles. The molecule has 1 unspecified atom stereocenters. The quantitative estimate of drug-likeness (QED) is 0.863. The van der Waals surface area contributed by atoms with Crippen LogP contribution in [0.5, 0.6) is 5.75 Å². The Labute approximate surface area is 108 Å². The van der Waals surface area contributed by atoms with Gasteiger partial charge < -0.3 is 10.2 Å². The molecular weight excluding hydrogens is 224 g/mol. The number of hydrogen-bond donors (Lipinski definition) is 2. The van der Waals surface area contributed by atoms with E-state index < -0.39 is 0 Å². The molecule has 0 aliphatic heterocycles. The van der Waals surface area contributed by atoms with Crippen LogP contribution >= 0.6 is 0 Å². The second-order valence-electron chi connectivity index (χ2n) is 4.47. The van der Waals surface area contributed by atoms with E-state index in [2.05, 4.69) is 0 Å². The van der Waals surface area contributed by atoms with Crippen LogP contribution < -0.4 is 0 Å². The summed E-state index contributed by atoms with van der Waals surface area (Å²) in [5.41, 5.74) is 3.16. The molecule has 2 nitrogen and oxygen atoms in total. The second-order valence-corrected chi connectivity index (χ2v) is 4.47. The minimum absolute atomic E-state index is 0.262. The molecule has 0 aliphatic rings. The maximum Gasteiger partial charge on any atom is 0.116 e. The minimum Gasteiger partial charge on any atom is -0.508 e. The van der Waals surface area contributed by atoms with Crippen LogP contribution in [0.1, 0.15) is 18.9 Å². The summed E-state index contributed by atoms with van der Waals surface area (Å²) >= 11 is 0. The lowest BCUT2D eigenvalue weighted by Crippen LogP contribution is -2.09. The SMILES string of the molecule is CCC(O)Cc1ccccc1-c1cccc(O)c1. The average molecular weight is 242 g/mol. The Bertz CT molecular complexity index is 520. The largest absolute Gasteiger partial charge is 0.508 e. The molecule has 2 aromatic rings. The van der Waals surface area contributed by atoms with Crippen LogP contribution in [0.25, 0.3) is 11.1 Å². The Balaban J connectivity index is 2.38. The Kier molecular flexibility index (Phi) is 4.00. The first-order chi connectivity index (χ1) is 8.70. The lowest BCUT2D eigenvalue weighted by atomic mass is 9.95. The molecule has 0 fully saturated rings. The van der Waals surface area contributed by atoms with Crippen molar-refractivity contribution in [3.05, 3.63) is 54.1 Å². The maximum atomic E-state index is 9.79. The van der Waals surface area contributed by atoms with Crippen molar-refractivity contribution in [1.29, 1.82) is 0 Å². The van der Waals surface area contributed by atoms with Gasteiger partial charge in [-0.25, -0.2) is 0 Å². The number of hydrogen-bond acceptors (Lipinski definition) is 2. The third kappa shape index (κ3) is 2.90. The smallest absolute Gasteiger partial charge is 0.116 e. The Morgan fingerprint density at radius 2 is 1.83 bits per heavy atom. The van der Waals surface area contributed by atoms with E-state index in [1.54, 1.807) is 12.1 Å². The topological polar surface area (TPSA) is 40.5 Å². The van der Waals surface area contributed by atoms with Crippen LogP contribution in [-0.2, 0) is 6.42 Å². The van der Waals surface area contributed by atoms with Gasteiger partial charge in [0.1, 0.15) is 5.75 Å². The number of aromatic hydroxyl groups is 1. The normalized spacial score (nSPS) is 12.3. The van der Waals surface area contributed by atoms with Crippen LogP contribution in [0.4, 0.5) is 0 Å². The van der Waals surface area contributed by atoms with Crippen molar-refractivity contribution in [3.63, 3.8) is 0 Å². The predicted octanol–water partition coefficient (Wildman–Crippen LogP) is 3.37. The molecule has 0 bridgehead atoms. The van der Waals surface area contributed by atoms with E-state index in [1.165, 1.54) is 0 Å². The van der Waals surface area contributed by atoms with Crippen LogP contribution in [-0.4, -0.2) is 16.3 Å². The third-order valence-electron chi connectivity index (χ3n) is 3.10. The number of aliphatic hydroxyl groups excluding tert-OH is 1. The number of phenolic OH excluding ortho intramolecular Hbond substituents is 1. The van der Waals surface area contributed by atoms with Crippen LogP contribution in [0.3, 0.4) is 0 Å². The fraction of sp³-hybridized carbons (Fsp3) is 0.250. The molecule has 94 valence electrons. The van der Waals surface area contributed by atoms with Crippen molar-refractivity contribution in [2.45, 2.75) is 25.9 Å². The summed E-state index contributed by atoms with van der Waals surface area (Å²) in [7, 11) is 0. The zero-order valence-corrected chi connectivity index (χ0v) is 10.5. The molecule has 0 aromatic heterocycles. The fourth-order valence-electron chi connectivity index (χ4n) is 2.05. The molecule has 0 radical (unpaired) electrons. The fourth-order valence-corrected chi connectivity index (χ4v) is 2.05. The highest BCUT2D eigenvalue weighted by Crippen LogP contribution is 2.27. The third-order valence-corrected chi connectivity index (χ3v) is 3.10. The van der Waals surface area contributed by atoms with Gasteiger partial charge in [0.05, 0.1) is 6.10 Å². The van der Waals surface area contributed by atoms with Gasteiger partial charge in [-0.15, -0.1) is 0 Å². The van der Waals surface area contributed by atoms with Crippen LogP contribution in [0.15, 0.2) is 48.5 Å². The first-order valence-electron chi connectivity index (χ1n) is 6.26. The Hall–Kier alpha value is -1.80. The number of phenols is 1. The summed E-state index contributed by atoms with van der Waals surface area (Å²) in [6.07, 6.45) is 1.07. The van der Waals surface area contributed by atoms with E-state index >= 15 is 0 Å². The number of benzene rings is 2. The van der Waals surface area contributed by atoms with Gasteiger partial charge in [-0.2, -0.15) is 0 Å². The van der Waals surface area contributed by atoms with E-state index in [9.17, 15) is 10.2 Å². The lowest BCUT2D eigenvalue weighted by Gasteiger charge is -2.13. The van der Waals surface area contributed by atoms with Gasteiger partial charge in [0.25, 0.3) is 0 Å². The minimum atomic E-state index is -0.316. The highest BCUT2D eigenvalue weighted by molar-refractivity contribution is 5.68. The van der Waals surface area contributed by atoms with Crippen molar-refractivity contribution in [1.82, 2.24) is 0 Å². The molecule has 2 aromatic carbocycles. The molecule has 0 saturated carbocycles. The molecule has 0 amide bonds. The standard InChI is InChI=1S/C16H18O2/c1-2-14(17)10-12-6-3-4-9-16(12)13-7-5-8-15(18)11-13/h3-9,11,14,17-18H,2,10H2,1H3. The van der Waals surface area contributed by atoms with Gasteiger partial charge in [0.2, 0.25) is 0 Å². The van der Waals surface area contributed by atoms with Gasteiger partial charge >= 0.3 is 0 Å². The van der Waals surface area contributed by atoms with Gasteiger partial charge in [-0.1, -0.05) is 43.3 Å². The summed E-state index contributed by atoms with van der Waals surface area (Å²) in [5, 5.41) is 19.3.